The maximum absolute atomic E-state index is 13.7. The normalized spacial score (nSPS) is 13.5. The highest BCUT2D eigenvalue weighted by molar-refractivity contribution is 7.10. The Morgan fingerprint density at radius 1 is 1.23 bits per heavy atom. The molecule has 0 radical (unpaired) electrons. The molecule has 1 fully saturated rings. The smallest absolute Gasteiger partial charge is 0.224 e. The van der Waals surface area contributed by atoms with E-state index in [4.69, 9.17) is 0 Å². The molecule has 0 aliphatic heterocycles. The Labute approximate surface area is 157 Å². The topological polar surface area (TPSA) is 49.4 Å². The zero-order valence-electron chi connectivity index (χ0n) is 15.0. The quantitative estimate of drug-likeness (QED) is 0.780. The Kier molecular flexibility index (Phi) is 5.71. The lowest BCUT2D eigenvalue weighted by atomic mass is 10.2. The van der Waals surface area contributed by atoms with Crippen LogP contribution in [0.5, 0.6) is 0 Å². The first kappa shape index (κ1) is 18.6. The van der Waals surface area contributed by atoms with Gasteiger partial charge in [-0.2, -0.15) is 0 Å². The maximum Gasteiger partial charge on any atom is 0.224 e. The van der Waals surface area contributed by atoms with Crippen LogP contribution in [0.2, 0.25) is 0 Å². The summed E-state index contributed by atoms with van der Waals surface area (Å²) in [6.45, 7) is 4.49. The Morgan fingerprint density at radius 2 is 2.00 bits per heavy atom. The minimum absolute atomic E-state index is 0.0137. The van der Waals surface area contributed by atoms with E-state index in [2.05, 4.69) is 11.4 Å². The molecule has 0 unspecified atom stereocenters. The van der Waals surface area contributed by atoms with Crippen LogP contribution in [0.25, 0.3) is 0 Å². The van der Waals surface area contributed by atoms with Gasteiger partial charge in [-0.05, 0) is 61.4 Å². The van der Waals surface area contributed by atoms with Gasteiger partial charge >= 0.3 is 0 Å². The van der Waals surface area contributed by atoms with Gasteiger partial charge in [0.25, 0.3) is 0 Å². The van der Waals surface area contributed by atoms with Crippen LogP contribution < -0.4 is 5.32 Å². The van der Waals surface area contributed by atoms with Crippen LogP contribution in [0.1, 0.15) is 41.7 Å². The predicted octanol–water partition coefficient (Wildman–Crippen LogP) is 4.41. The van der Waals surface area contributed by atoms with Crippen LogP contribution in [0.3, 0.4) is 0 Å². The van der Waals surface area contributed by atoms with Crippen LogP contribution in [0.15, 0.2) is 29.6 Å². The molecule has 1 heterocycles. The van der Waals surface area contributed by atoms with Gasteiger partial charge in [-0.1, -0.05) is 6.07 Å². The van der Waals surface area contributed by atoms with Gasteiger partial charge in [-0.25, -0.2) is 4.39 Å². The summed E-state index contributed by atoms with van der Waals surface area (Å²) in [4.78, 5) is 27.8. The second-order valence-electron chi connectivity index (χ2n) is 6.81. The van der Waals surface area contributed by atoms with Gasteiger partial charge < -0.3 is 10.2 Å². The average Bonchev–Trinajstić information content (AvgIpc) is 3.36. The van der Waals surface area contributed by atoms with Crippen LogP contribution in [-0.4, -0.2) is 22.8 Å². The summed E-state index contributed by atoms with van der Waals surface area (Å²) < 4.78 is 13.7. The van der Waals surface area contributed by atoms with Crippen molar-refractivity contribution in [2.24, 2.45) is 0 Å². The van der Waals surface area contributed by atoms with Gasteiger partial charge in [0, 0.05) is 23.8 Å². The van der Waals surface area contributed by atoms with Crippen molar-refractivity contribution >= 4 is 28.8 Å². The molecule has 6 heteroatoms. The number of carbonyl (C=O) groups excluding carboxylic acids is 2. The fourth-order valence-corrected chi connectivity index (χ4v) is 3.74. The van der Waals surface area contributed by atoms with E-state index < -0.39 is 5.82 Å². The van der Waals surface area contributed by atoms with E-state index in [9.17, 15) is 14.0 Å². The van der Waals surface area contributed by atoms with E-state index >= 15 is 0 Å². The summed E-state index contributed by atoms with van der Waals surface area (Å²) in [5.74, 6) is -0.825. The van der Waals surface area contributed by atoms with Crippen molar-refractivity contribution in [2.45, 2.75) is 52.1 Å². The van der Waals surface area contributed by atoms with Crippen LogP contribution in [-0.2, 0) is 16.1 Å². The molecule has 0 atom stereocenters. The molecule has 26 heavy (non-hydrogen) atoms. The molecule has 1 saturated carbocycles. The number of rotatable bonds is 7. The Balaban J connectivity index is 1.55. The first-order chi connectivity index (χ1) is 12.4. The fraction of sp³-hybridized carbons (Fsp3) is 0.400. The van der Waals surface area contributed by atoms with Crippen molar-refractivity contribution in [1.82, 2.24) is 4.90 Å². The molecule has 3 rings (SSSR count). The summed E-state index contributed by atoms with van der Waals surface area (Å²) in [5.41, 5.74) is 2.22. The summed E-state index contributed by atoms with van der Waals surface area (Å²) in [6, 6.07) is 6.91. The van der Waals surface area contributed by atoms with Crippen molar-refractivity contribution in [3.05, 3.63) is 51.5 Å². The molecule has 1 aromatic carbocycles. The first-order valence-electron chi connectivity index (χ1n) is 8.82. The van der Waals surface area contributed by atoms with Crippen molar-refractivity contribution in [2.75, 3.05) is 5.32 Å². The van der Waals surface area contributed by atoms with E-state index in [0.29, 0.717) is 12.6 Å². The van der Waals surface area contributed by atoms with Crippen molar-refractivity contribution in [1.29, 1.82) is 0 Å². The van der Waals surface area contributed by atoms with Crippen molar-refractivity contribution in [3.8, 4) is 0 Å². The van der Waals surface area contributed by atoms with Gasteiger partial charge in [0.15, 0.2) is 0 Å². The number of thiophene rings is 1. The molecular weight excluding hydrogens is 351 g/mol. The number of hydrogen-bond donors (Lipinski definition) is 1. The molecule has 1 aliphatic rings. The number of anilines is 1. The fourth-order valence-electron chi connectivity index (χ4n) is 2.84. The van der Waals surface area contributed by atoms with E-state index in [-0.39, 0.29) is 30.3 Å². The van der Waals surface area contributed by atoms with E-state index in [0.717, 1.165) is 18.4 Å². The largest absolute Gasteiger partial charge is 0.335 e. The highest BCUT2D eigenvalue weighted by atomic mass is 32.1. The number of halogens is 1. The lowest BCUT2D eigenvalue weighted by molar-refractivity contribution is -0.134. The van der Waals surface area contributed by atoms with Gasteiger partial charge in [-0.15, -0.1) is 11.3 Å². The minimum atomic E-state index is -0.469. The summed E-state index contributed by atoms with van der Waals surface area (Å²) in [7, 11) is 0. The number of benzene rings is 1. The second kappa shape index (κ2) is 7.99. The van der Waals surface area contributed by atoms with E-state index in [1.54, 1.807) is 23.5 Å². The molecule has 0 bridgehead atoms. The third kappa shape index (κ3) is 4.69. The highest BCUT2D eigenvalue weighted by Gasteiger charge is 2.32. The van der Waals surface area contributed by atoms with Gasteiger partial charge in [0.05, 0.1) is 12.2 Å². The van der Waals surface area contributed by atoms with E-state index in [1.807, 2.05) is 24.1 Å². The lowest BCUT2D eigenvalue weighted by Gasteiger charge is -2.22. The molecule has 1 N–H and O–H groups in total. The summed E-state index contributed by atoms with van der Waals surface area (Å²) in [5, 5.41) is 4.59. The number of nitrogens with one attached hydrogen (secondary N) is 1. The molecule has 0 spiro atoms. The molecule has 4 nitrogen and oxygen atoms in total. The Morgan fingerprint density at radius 3 is 2.65 bits per heavy atom. The number of nitrogens with zero attached hydrogens (tertiary/aromatic N) is 1. The molecule has 2 aromatic rings. The first-order valence-corrected chi connectivity index (χ1v) is 9.70. The maximum atomic E-state index is 13.7. The highest BCUT2D eigenvalue weighted by Crippen LogP contribution is 2.31. The zero-order valence-corrected chi connectivity index (χ0v) is 15.9. The Bertz CT molecular complexity index is 814. The number of hydrogen-bond acceptors (Lipinski definition) is 3. The minimum Gasteiger partial charge on any atom is -0.335 e. The number of carbonyl (C=O) groups is 2. The van der Waals surface area contributed by atoms with Crippen molar-refractivity contribution < 1.29 is 14.0 Å². The average molecular weight is 374 g/mol. The third-order valence-corrected chi connectivity index (χ3v) is 5.56. The third-order valence-electron chi connectivity index (χ3n) is 4.55. The van der Waals surface area contributed by atoms with Crippen LogP contribution >= 0.6 is 11.3 Å². The van der Waals surface area contributed by atoms with Crippen molar-refractivity contribution in [3.63, 3.8) is 0 Å². The number of aryl methyl sites for hydroxylation is 2. The molecule has 1 aromatic heterocycles. The molecular formula is C20H23FN2O2S. The lowest BCUT2D eigenvalue weighted by Crippen LogP contribution is -2.33. The van der Waals surface area contributed by atoms with E-state index in [1.165, 1.54) is 16.5 Å². The molecule has 138 valence electrons. The second-order valence-corrected chi connectivity index (χ2v) is 7.81. The predicted molar refractivity (Wildman–Crippen MR) is 102 cm³/mol. The van der Waals surface area contributed by atoms with Crippen LogP contribution in [0.4, 0.5) is 10.1 Å². The Hall–Kier alpha value is -2.21. The zero-order chi connectivity index (χ0) is 18.7. The summed E-state index contributed by atoms with van der Waals surface area (Å²) >= 11 is 1.65. The molecule has 2 amide bonds. The van der Waals surface area contributed by atoms with Gasteiger partial charge in [0.1, 0.15) is 5.82 Å². The molecule has 0 saturated heterocycles. The SMILES string of the molecule is Cc1ccc(F)c(NC(=O)CCC(=O)N(Cc2sccc2C)C2CC2)c1. The number of amides is 2. The summed E-state index contributed by atoms with van der Waals surface area (Å²) in [6.07, 6.45) is 2.24. The van der Waals surface area contributed by atoms with Gasteiger partial charge in [0.2, 0.25) is 11.8 Å². The standard InChI is InChI=1S/C20H23FN2O2S/c1-13-3-6-16(21)17(11-13)22-19(24)7-8-20(25)23(15-4-5-15)12-18-14(2)9-10-26-18/h3,6,9-11,15H,4-5,7-8,12H2,1-2H3,(H,22,24). The van der Waals surface area contributed by atoms with Gasteiger partial charge in [-0.3, -0.25) is 9.59 Å². The monoisotopic (exact) mass is 374 g/mol. The molecule has 1 aliphatic carbocycles. The van der Waals surface area contributed by atoms with Crippen LogP contribution in [0, 0.1) is 19.7 Å².